The van der Waals surface area contributed by atoms with Crippen molar-refractivity contribution < 1.29 is 13.9 Å². The number of nitrogens with zero attached hydrogens (tertiary/aromatic N) is 2. The van der Waals surface area contributed by atoms with Crippen LogP contribution in [0.5, 0.6) is 0 Å². The summed E-state index contributed by atoms with van der Waals surface area (Å²) >= 11 is 0. The molecule has 0 unspecified atom stereocenters. The first kappa shape index (κ1) is 13.9. The molecule has 0 spiro atoms. The highest BCUT2D eigenvalue weighted by Crippen LogP contribution is 2.41. The van der Waals surface area contributed by atoms with Gasteiger partial charge in [-0.15, -0.1) is 10.2 Å². The molecule has 1 aromatic carbocycles. The Morgan fingerprint density at radius 3 is 2.55 bits per heavy atom. The van der Waals surface area contributed by atoms with Crippen LogP contribution in [0.15, 0.2) is 34.7 Å². The summed E-state index contributed by atoms with van der Waals surface area (Å²) in [5.74, 6) is 1.43. The van der Waals surface area contributed by atoms with Gasteiger partial charge in [-0.25, -0.2) is 0 Å². The highest BCUT2D eigenvalue weighted by Gasteiger charge is 2.35. The summed E-state index contributed by atoms with van der Waals surface area (Å²) < 4.78 is 17.6. The van der Waals surface area contributed by atoms with Gasteiger partial charge in [-0.1, -0.05) is 30.3 Å². The van der Waals surface area contributed by atoms with Gasteiger partial charge in [-0.3, -0.25) is 0 Å². The number of ether oxygens (including phenoxy) is 2. The molecule has 5 heteroatoms. The van der Waals surface area contributed by atoms with Gasteiger partial charge in [0.1, 0.15) is 6.10 Å². The van der Waals surface area contributed by atoms with E-state index in [1.807, 2.05) is 18.2 Å². The minimum Gasteiger partial charge on any atom is -0.422 e. The topological polar surface area (TPSA) is 57.4 Å². The fraction of sp³-hybridized carbons (Fsp3) is 0.529. The van der Waals surface area contributed by atoms with E-state index in [0.29, 0.717) is 11.8 Å². The summed E-state index contributed by atoms with van der Waals surface area (Å²) in [5, 5.41) is 8.49. The van der Waals surface area contributed by atoms with Crippen LogP contribution in [0, 0.1) is 0 Å². The van der Waals surface area contributed by atoms with Crippen LogP contribution in [0.3, 0.4) is 0 Å². The monoisotopic (exact) mass is 300 g/mol. The molecule has 2 aliphatic heterocycles. The van der Waals surface area contributed by atoms with Crippen molar-refractivity contribution in [3.8, 4) is 0 Å². The maximum atomic E-state index is 5.93. The van der Waals surface area contributed by atoms with E-state index in [4.69, 9.17) is 13.9 Å². The van der Waals surface area contributed by atoms with Crippen molar-refractivity contribution >= 4 is 0 Å². The molecule has 116 valence electrons. The van der Waals surface area contributed by atoms with Crippen LogP contribution in [0.4, 0.5) is 0 Å². The van der Waals surface area contributed by atoms with Crippen molar-refractivity contribution in [2.24, 2.45) is 0 Å². The van der Waals surface area contributed by atoms with Gasteiger partial charge in [-0.2, -0.15) is 0 Å². The lowest BCUT2D eigenvalue weighted by molar-refractivity contribution is -0.00263. The molecule has 5 nitrogen and oxygen atoms in total. The van der Waals surface area contributed by atoms with E-state index in [2.05, 4.69) is 22.3 Å². The fourth-order valence-corrected chi connectivity index (χ4v) is 3.28. The molecule has 0 radical (unpaired) electrons. The number of rotatable bonds is 3. The second kappa shape index (κ2) is 6.18. The van der Waals surface area contributed by atoms with Crippen LogP contribution in [0.2, 0.25) is 0 Å². The maximum absolute atomic E-state index is 5.93. The first-order chi connectivity index (χ1) is 10.9. The van der Waals surface area contributed by atoms with Crippen LogP contribution in [0.25, 0.3) is 0 Å². The molecule has 22 heavy (non-hydrogen) atoms. The first-order valence-electron chi connectivity index (χ1n) is 8.03. The normalized spacial score (nSPS) is 28.8. The van der Waals surface area contributed by atoms with Crippen molar-refractivity contribution in [3.05, 3.63) is 47.7 Å². The lowest BCUT2D eigenvalue weighted by Crippen LogP contribution is -2.11. The fourth-order valence-electron chi connectivity index (χ4n) is 3.28. The third-order valence-corrected chi connectivity index (χ3v) is 4.45. The van der Waals surface area contributed by atoms with Crippen molar-refractivity contribution in [2.45, 2.75) is 43.8 Å². The Balaban J connectivity index is 1.55. The lowest BCUT2D eigenvalue weighted by atomic mass is 9.95. The quantitative estimate of drug-likeness (QED) is 0.867. The Hall–Kier alpha value is -1.72. The number of aromatic nitrogens is 2. The van der Waals surface area contributed by atoms with Gasteiger partial charge in [0.25, 0.3) is 0 Å². The van der Waals surface area contributed by atoms with Crippen LogP contribution in [-0.4, -0.2) is 23.4 Å². The summed E-state index contributed by atoms with van der Waals surface area (Å²) in [6.45, 7) is 1.50. The SMILES string of the molecule is c1ccc([C@H]2OCC[C@@H]2c2nnc([C@H]3CCCCO3)o2)cc1. The van der Waals surface area contributed by atoms with Crippen LogP contribution in [0.1, 0.15) is 61.2 Å². The third kappa shape index (κ3) is 2.66. The Kier molecular flexibility index (Phi) is 3.91. The summed E-state index contributed by atoms with van der Waals surface area (Å²) in [7, 11) is 0. The molecule has 0 bridgehead atoms. The molecular formula is C17H20N2O3. The minimum absolute atomic E-state index is 0.00164. The summed E-state index contributed by atoms with van der Waals surface area (Å²) in [4.78, 5) is 0. The zero-order valence-electron chi connectivity index (χ0n) is 12.5. The highest BCUT2D eigenvalue weighted by atomic mass is 16.5. The average Bonchev–Trinajstić information content (AvgIpc) is 3.25. The Morgan fingerprint density at radius 2 is 1.73 bits per heavy atom. The van der Waals surface area contributed by atoms with E-state index < -0.39 is 0 Å². The first-order valence-corrected chi connectivity index (χ1v) is 8.03. The van der Waals surface area contributed by atoms with Gasteiger partial charge < -0.3 is 13.9 Å². The molecule has 2 aliphatic rings. The molecule has 2 saturated heterocycles. The molecule has 3 heterocycles. The molecule has 2 aromatic rings. The summed E-state index contributed by atoms with van der Waals surface area (Å²) in [5.41, 5.74) is 1.17. The molecule has 1 aromatic heterocycles. The van der Waals surface area contributed by atoms with Crippen molar-refractivity contribution in [2.75, 3.05) is 13.2 Å². The van der Waals surface area contributed by atoms with Crippen LogP contribution in [-0.2, 0) is 9.47 Å². The number of benzene rings is 1. The number of hydrogen-bond acceptors (Lipinski definition) is 5. The zero-order valence-corrected chi connectivity index (χ0v) is 12.5. The molecule has 4 rings (SSSR count). The standard InChI is InChI=1S/C17H20N2O3/c1-2-6-12(7-3-1)15-13(9-11-21-15)16-18-19-17(22-16)14-8-4-5-10-20-14/h1-3,6-7,13-15H,4-5,8-11H2/t13-,14+,15+/m0/s1. The molecule has 2 fully saturated rings. The van der Waals surface area contributed by atoms with Crippen molar-refractivity contribution in [1.29, 1.82) is 0 Å². The molecule has 0 amide bonds. The lowest BCUT2D eigenvalue weighted by Gasteiger charge is -2.19. The van der Waals surface area contributed by atoms with E-state index in [9.17, 15) is 0 Å². The van der Waals surface area contributed by atoms with Crippen LogP contribution >= 0.6 is 0 Å². The average molecular weight is 300 g/mol. The van der Waals surface area contributed by atoms with Gasteiger partial charge >= 0.3 is 0 Å². The predicted molar refractivity (Wildman–Crippen MR) is 79.3 cm³/mol. The molecule has 0 N–H and O–H groups in total. The second-order valence-corrected chi connectivity index (χ2v) is 5.93. The molecule has 3 atom stereocenters. The van der Waals surface area contributed by atoms with Crippen molar-refractivity contribution in [1.82, 2.24) is 10.2 Å². The van der Waals surface area contributed by atoms with E-state index in [0.717, 1.165) is 38.9 Å². The van der Waals surface area contributed by atoms with Gasteiger partial charge in [0.05, 0.1) is 12.0 Å². The Bertz CT molecular complexity index is 607. The molecule has 0 aliphatic carbocycles. The second-order valence-electron chi connectivity index (χ2n) is 5.93. The van der Waals surface area contributed by atoms with Gasteiger partial charge in [0.15, 0.2) is 0 Å². The van der Waals surface area contributed by atoms with E-state index >= 15 is 0 Å². The van der Waals surface area contributed by atoms with Gasteiger partial charge in [0.2, 0.25) is 11.8 Å². The van der Waals surface area contributed by atoms with Gasteiger partial charge in [-0.05, 0) is 31.2 Å². The Morgan fingerprint density at radius 1 is 0.864 bits per heavy atom. The van der Waals surface area contributed by atoms with E-state index in [-0.39, 0.29) is 18.1 Å². The maximum Gasteiger partial charge on any atom is 0.245 e. The summed E-state index contributed by atoms with van der Waals surface area (Å²) in [6.07, 6.45) is 4.11. The van der Waals surface area contributed by atoms with E-state index in [1.54, 1.807) is 0 Å². The smallest absolute Gasteiger partial charge is 0.245 e. The van der Waals surface area contributed by atoms with Gasteiger partial charge in [0, 0.05) is 13.2 Å². The summed E-state index contributed by atoms with van der Waals surface area (Å²) in [6, 6.07) is 10.3. The van der Waals surface area contributed by atoms with E-state index in [1.165, 1.54) is 5.56 Å². The highest BCUT2D eigenvalue weighted by molar-refractivity contribution is 5.21. The predicted octanol–water partition coefficient (Wildman–Crippen LogP) is 3.56. The number of hydrogen-bond donors (Lipinski definition) is 0. The van der Waals surface area contributed by atoms with Crippen molar-refractivity contribution in [3.63, 3.8) is 0 Å². The largest absolute Gasteiger partial charge is 0.422 e. The third-order valence-electron chi connectivity index (χ3n) is 4.45. The minimum atomic E-state index is -0.0347. The zero-order chi connectivity index (χ0) is 14.8. The Labute approximate surface area is 129 Å². The molecule has 0 saturated carbocycles. The van der Waals surface area contributed by atoms with Crippen LogP contribution < -0.4 is 0 Å². The molecular weight excluding hydrogens is 280 g/mol.